The summed E-state index contributed by atoms with van der Waals surface area (Å²) in [5.41, 5.74) is 0.895. The van der Waals surface area contributed by atoms with Crippen LogP contribution in [0.2, 0.25) is 10.2 Å². The van der Waals surface area contributed by atoms with Crippen LogP contribution in [0.4, 0.5) is 0 Å². The first kappa shape index (κ1) is 16.0. The van der Waals surface area contributed by atoms with Crippen LogP contribution in [0, 0.1) is 0 Å². The van der Waals surface area contributed by atoms with Crippen LogP contribution in [0.25, 0.3) is 0 Å². The number of aromatic nitrogens is 1. The number of β-amino-alcohol motifs (C(OH)–C–C–N with tert-alkyl or cyclic N) is 1. The maximum Gasteiger partial charge on any atom is 0.134 e. The number of aliphatic hydroxyl groups excluding tert-OH is 1. The summed E-state index contributed by atoms with van der Waals surface area (Å²) < 4.78 is 0. The van der Waals surface area contributed by atoms with E-state index in [1.54, 1.807) is 12.3 Å². The van der Waals surface area contributed by atoms with Gasteiger partial charge in [0.1, 0.15) is 5.15 Å². The zero-order chi connectivity index (χ0) is 14.7. The van der Waals surface area contributed by atoms with Crippen molar-refractivity contribution in [2.75, 3.05) is 26.2 Å². The molecule has 0 bridgehead atoms. The van der Waals surface area contributed by atoms with Crippen LogP contribution < -0.4 is 0 Å². The van der Waals surface area contributed by atoms with Gasteiger partial charge in [-0.2, -0.15) is 0 Å². The van der Waals surface area contributed by atoms with Gasteiger partial charge in [0.25, 0.3) is 0 Å². The van der Waals surface area contributed by atoms with Crippen LogP contribution in [-0.2, 0) is 6.54 Å². The van der Waals surface area contributed by atoms with Gasteiger partial charge in [0.15, 0.2) is 0 Å². The van der Waals surface area contributed by atoms with Crippen molar-refractivity contribution in [1.29, 1.82) is 0 Å². The van der Waals surface area contributed by atoms with E-state index in [1.807, 2.05) is 6.92 Å². The number of pyridine rings is 1. The topological polar surface area (TPSA) is 39.6 Å². The van der Waals surface area contributed by atoms with E-state index in [0.29, 0.717) is 16.2 Å². The SMILES string of the molecule is CC(O)CN1CCN(Cc2c(Cl)ccnc2Cl)CC1C. The Morgan fingerprint density at radius 2 is 2.20 bits per heavy atom. The van der Waals surface area contributed by atoms with Gasteiger partial charge >= 0.3 is 0 Å². The van der Waals surface area contributed by atoms with E-state index >= 15 is 0 Å². The van der Waals surface area contributed by atoms with Crippen LogP contribution >= 0.6 is 23.2 Å². The Morgan fingerprint density at radius 3 is 2.80 bits per heavy atom. The number of rotatable bonds is 4. The first-order chi connectivity index (χ1) is 9.47. The van der Waals surface area contributed by atoms with Crippen molar-refractivity contribution in [3.63, 3.8) is 0 Å². The molecule has 112 valence electrons. The fourth-order valence-corrected chi connectivity index (χ4v) is 3.11. The molecule has 0 aromatic carbocycles. The number of piperazine rings is 1. The van der Waals surface area contributed by atoms with Gasteiger partial charge in [0, 0.05) is 55.5 Å². The molecule has 1 aliphatic rings. The molecule has 0 spiro atoms. The van der Waals surface area contributed by atoms with Crippen LogP contribution in [0.3, 0.4) is 0 Å². The summed E-state index contributed by atoms with van der Waals surface area (Å²) in [5.74, 6) is 0. The van der Waals surface area contributed by atoms with Crippen molar-refractivity contribution >= 4 is 23.2 Å². The largest absolute Gasteiger partial charge is 0.392 e. The van der Waals surface area contributed by atoms with Gasteiger partial charge in [0.2, 0.25) is 0 Å². The van der Waals surface area contributed by atoms with Gasteiger partial charge in [-0.05, 0) is 19.9 Å². The van der Waals surface area contributed by atoms with Crippen molar-refractivity contribution in [3.05, 3.63) is 28.0 Å². The predicted octanol–water partition coefficient (Wildman–Crippen LogP) is 2.28. The zero-order valence-corrected chi connectivity index (χ0v) is 13.4. The highest BCUT2D eigenvalue weighted by molar-refractivity contribution is 6.35. The van der Waals surface area contributed by atoms with E-state index in [9.17, 15) is 5.11 Å². The molecule has 0 saturated carbocycles. The van der Waals surface area contributed by atoms with Crippen LogP contribution in [0.1, 0.15) is 19.4 Å². The van der Waals surface area contributed by atoms with Gasteiger partial charge in [0.05, 0.1) is 6.10 Å². The molecule has 1 fully saturated rings. The third-order valence-electron chi connectivity index (χ3n) is 3.68. The highest BCUT2D eigenvalue weighted by Gasteiger charge is 2.25. The first-order valence-corrected chi connectivity index (χ1v) is 7.66. The van der Waals surface area contributed by atoms with E-state index in [1.165, 1.54) is 0 Å². The monoisotopic (exact) mass is 317 g/mol. The number of nitrogens with zero attached hydrogens (tertiary/aromatic N) is 3. The number of aliphatic hydroxyl groups is 1. The van der Waals surface area contributed by atoms with Crippen molar-refractivity contribution in [3.8, 4) is 0 Å². The summed E-state index contributed by atoms with van der Waals surface area (Å²) in [6, 6.07) is 2.18. The van der Waals surface area contributed by atoms with E-state index in [-0.39, 0.29) is 6.10 Å². The molecule has 1 aromatic heterocycles. The quantitative estimate of drug-likeness (QED) is 0.865. The molecule has 0 radical (unpaired) electrons. The maximum absolute atomic E-state index is 9.50. The van der Waals surface area contributed by atoms with E-state index in [4.69, 9.17) is 23.2 Å². The van der Waals surface area contributed by atoms with Gasteiger partial charge in [-0.1, -0.05) is 23.2 Å². The lowest BCUT2D eigenvalue weighted by molar-refractivity contribution is 0.0423. The summed E-state index contributed by atoms with van der Waals surface area (Å²) in [5, 5.41) is 10.7. The molecule has 1 aliphatic heterocycles. The molecule has 1 N–H and O–H groups in total. The predicted molar refractivity (Wildman–Crippen MR) is 82.2 cm³/mol. The molecule has 1 aromatic rings. The molecule has 0 amide bonds. The maximum atomic E-state index is 9.50. The number of halogens is 2. The Morgan fingerprint density at radius 1 is 1.45 bits per heavy atom. The molecule has 0 aliphatic carbocycles. The fourth-order valence-electron chi connectivity index (χ4n) is 2.63. The molecule has 2 heterocycles. The summed E-state index contributed by atoms with van der Waals surface area (Å²) in [6.07, 6.45) is 1.34. The number of hydrogen-bond acceptors (Lipinski definition) is 4. The van der Waals surface area contributed by atoms with Crippen LogP contribution in [0.5, 0.6) is 0 Å². The molecule has 4 nitrogen and oxygen atoms in total. The fraction of sp³-hybridized carbons (Fsp3) is 0.643. The Bertz CT molecular complexity index is 436. The Balaban J connectivity index is 1.96. The van der Waals surface area contributed by atoms with Crippen LogP contribution in [-0.4, -0.2) is 58.2 Å². The molecule has 1 saturated heterocycles. The van der Waals surface area contributed by atoms with E-state index in [0.717, 1.165) is 38.3 Å². The van der Waals surface area contributed by atoms with Gasteiger partial charge in [-0.3, -0.25) is 9.80 Å². The second kappa shape index (κ2) is 7.05. The van der Waals surface area contributed by atoms with Crippen LogP contribution in [0.15, 0.2) is 12.3 Å². The van der Waals surface area contributed by atoms with Crippen molar-refractivity contribution in [2.45, 2.75) is 32.5 Å². The molecular formula is C14H21Cl2N3O. The molecule has 2 rings (SSSR count). The third-order valence-corrected chi connectivity index (χ3v) is 4.36. The molecule has 2 atom stereocenters. The molecule has 6 heteroatoms. The zero-order valence-electron chi connectivity index (χ0n) is 11.9. The molecule has 20 heavy (non-hydrogen) atoms. The van der Waals surface area contributed by atoms with Gasteiger partial charge in [-0.15, -0.1) is 0 Å². The van der Waals surface area contributed by atoms with E-state index < -0.39 is 0 Å². The third kappa shape index (κ3) is 4.06. The Kier molecular flexibility index (Phi) is 5.64. The molecular weight excluding hydrogens is 297 g/mol. The average Bonchev–Trinajstić information content (AvgIpc) is 2.37. The highest BCUT2D eigenvalue weighted by atomic mass is 35.5. The van der Waals surface area contributed by atoms with Crippen molar-refractivity contribution < 1.29 is 5.11 Å². The van der Waals surface area contributed by atoms with Gasteiger partial charge in [-0.25, -0.2) is 4.98 Å². The minimum atomic E-state index is -0.286. The minimum Gasteiger partial charge on any atom is -0.392 e. The van der Waals surface area contributed by atoms with Crippen molar-refractivity contribution in [2.24, 2.45) is 0 Å². The average molecular weight is 318 g/mol. The highest BCUT2D eigenvalue weighted by Crippen LogP contribution is 2.24. The normalized spacial score (nSPS) is 22.9. The summed E-state index contributed by atoms with van der Waals surface area (Å²) in [7, 11) is 0. The Labute approximate surface area is 130 Å². The summed E-state index contributed by atoms with van der Waals surface area (Å²) >= 11 is 12.3. The molecule has 2 unspecified atom stereocenters. The van der Waals surface area contributed by atoms with Gasteiger partial charge < -0.3 is 5.11 Å². The second-order valence-electron chi connectivity index (χ2n) is 5.49. The lowest BCUT2D eigenvalue weighted by atomic mass is 10.1. The first-order valence-electron chi connectivity index (χ1n) is 6.90. The minimum absolute atomic E-state index is 0.286. The lowest BCUT2D eigenvalue weighted by Crippen LogP contribution is -2.53. The Hall–Kier alpha value is -0.390. The lowest BCUT2D eigenvalue weighted by Gasteiger charge is -2.40. The number of hydrogen-bond donors (Lipinski definition) is 1. The summed E-state index contributed by atoms with van der Waals surface area (Å²) in [4.78, 5) is 8.73. The van der Waals surface area contributed by atoms with E-state index in [2.05, 4.69) is 21.7 Å². The second-order valence-corrected chi connectivity index (χ2v) is 6.26. The van der Waals surface area contributed by atoms with Crippen molar-refractivity contribution in [1.82, 2.24) is 14.8 Å². The summed E-state index contributed by atoms with van der Waals surface area (Å²) in [6.45, 7) is 8.28. The smallest absolute Gasteiger partial charge is 0.134 e. The standard InChI is InChI=1S/C14H21Cl2N3O/c1-10-7-18(5-6-19(10)8-11(2)20)9-12-13(15)3-4-17-14(12)16/h3-4,10-11,20H,5-9H2,1-2H3.